The molecule has 0 radical (unpaired) electrons. The maximum Gasteiger partial charge on any atom is 0.227 e. The van der Waals surface area contributed by atoms with Gasteiger partial charge in [0.1, 0.15) is 5.78 Å². The standard InChI is InChI=1S/C18H24N2O3/c1-15(21)8-9-17(22)19-10-5-11-20(13-12-19)18(23)14-16-6-3-2-4-7-16/h2-4,6-7H,5,8-14H2,1H3. The molecule has 1 heterocycles. The summed E-state index contributed by atoms with van der Waals surface area (Å²) < 4.78 is 0. The summed E-state index contributed by atoms with van der Waals surface area (Å²) in [5.74, 6) is 0.152. The molecule has 0 aliphatic carbocycles. The van der Waals surface area contributed by atoms with E-state index >= 15 is 0 Å². The average Bonchev–Trinajstić information content (AvgIpc) is 2.79. The minimum atomic E-state index is 0.0116. The molecule has 124 valence electrons. The number of carbonyl (C=O) groups excluding carboxylic acids is 3. The van der Waals surface area contributed by atoms with Gasteiger partial charge >= 0.3 is 0 Å². The van der Waals surface area contributed by atoms with Crippen molar-refractivity contribution in [1.29, 1.82) is 0 Å². The number of carbonyl (C=O) groups is 3. The summed E-state index contributed by atoms with van der Waals surface area (Å²) in [6.07, 6.45) is 1.75. The van der Waals surface area contributed by atoms with E-state index in [0.29, 0.717) is 39.0 Å². The Labute approximate surface area is 137 Å². The SMILES string of the molecule is CC(=O)CCC(=O)N1CCCN(C(=O)Cc2ccccc2)CC1. The molecule has 0 aromatic heterocycles. The monoisotopic (exact) mass is 316 g/mol. The van der Waals surface area contributed by atoms with Gasteiger partial charge in [0, 0.05) is 39.0 Å². The van der Waals surface area contributed by atoms with Gasteiger partial charge in [0.25, 0.3) is 0 Å². The van der Waals surface area contributed by atoms with Crippen LogP contribution in [0.1, 0.15) is 31.7 Å². The maximum absolute atomic E-state index is 12.4. The number of ketones is 1. The number of amides is 2. The van der Waals surface area contributed by atoms with E-state index in [9.17, 15) is 14.4 Å². The molecule has 1 saturated heterocycles. The lowest BCUT2D eigenvalue weighted by Crippen LogP contribution is -2.38. The first-order chi connectivity index (χ1) is 11.1. The highest BCUT2D eigenvalue weighted by molar-refractivity contribution is 5.83. The van der Waals surface area contributed by atoms with E-state index in [4.69, 9.17) is 0 Å². The maximum atomic E-state index is 12.4. The fourth-order valence-corrected chi connectivity index (χ4v) is 2.74. The zero-order chi connectivity index (χ0) is 16.7. The van der Waals surface area contributed by atoms with E-state index in [1.54, 1.807) is 4.90 Å². The van der Waals surface area contributed by atoms with E-state index in [-0.39, 0.29) is 24.0 Å². The number of hydrogen-bond acceptors (Lipinski definition) is 3. The summed E-state index contributed by atoms with van der Waals surface area (Å²) in [5, 5.41) is 0. The Morgan fingerprint density at radius 2 is 1.48 bits per heavy atom. The Balaban J connectivity index is 1.84. The number of nitrogens with zero attached hydrogens (tertiary/aromatic N) is 2. The van der Waals surface area contributed by atoms with Gasteiger partial charge in [-0.25, -0.2) is 0 Å². The van der Waals surface area contributed by atoms with Crippen LogP contribution in [0.5, 0.6) is 0 Å². The van der Waals surface area contributed by atoms with E-state index in [1.165, 1.54) is 6.92 Å². The van der Waals surface area contributed by atoms with Crippen LogP contribution in [0.15, 0.2) is 30.3 Å². The molecule has 1 fully saturated rings. The van der Waals surface area contributed by atoms with Crippen LogP contribution in [-0.2, 0) is 20.8 Å². The normalized spacial score (nSPS) is 15.2. The molecular weight excluding hydrogens is 292 g/mol. The minimum absolute atomic E-state index is 0.0116. The molecule has 5 nitrogen and oxygen atoms in total. The summed E-state index contributed by atoms with van der Waals surface area (Å²) >= 11 is 0. The predicted octanol–water partition coefficient (Wildman–Crippen LogP) is 1.66. The molecule has 0 bridgehead atoms. The second-order valence-corrected chi connectivity index (χ2v) is 5.98. The van der Waals surface area contributed by atoms with E-state index in [2.05, 4.69) is 0 Å². The van der Waals surface area contributed by atoms with Crippen molar-refractivity contribution in [2.45, 2.75) is 32.6 Å². The van der Waals surface area contributed by atoms with E-state index in [0.717, 1.165) is 12.0 Å². The summed E-state index contributed by atoms with van der Waals surface area (Å²) in [7, 11) is 0. The van der Waals surface area contributed by atoms with Gasteiger partial charge in [0.15, 0.2) is 0 Å². The van der Waals surface area contributed by atoms with Gasteiger partial charge in [-0.15, -0.1) is 0 Å². The molecule has 0 spiro atoms. The summed E-state index contributed by atoms with van der Waals surface area (Å²) in [6.45, 7) is 3.96. The highest BCUT2D eigenvalue weighted by Gasteiger charge is 2.22. The number of benzene rings is 1. The van der Waals surface area contributed by atoms with Gasteiger partial charge in [-0.2, -0.15) is 0 Å². The molecule has 1 aromatic carbocycles. The second-order valence-electron chi connectivity index (χ2n) is 5.98. The highest BCUT2D eigenvalue weighted by atomic mass is 16.2. The molecule has 1 aliphatic heterocycles. The summed E-state index contributed by atoms with van der Waals surface area (Å²) in [6, 6.07) is 9.70. The van der Waals surface area contributed by atoms with Crippen LogP contribution in [0.3, 0.4) is 0 Å². The van der Waals surface area contributed by atoms with Gasteiger partial charge in [-0.05, 0) is 18.9 Å². The Morgan fingerprint density at radius 1 is 0.870 bits per heavy atom. The van der Waals surface area contributed by atoms with Crippen LogP contribution >= 0.6 is 0 Å². The van der Waals surface area contributed by atoms with Gasteiger partial charge in [0.2, 0.25) is 11.8 Å². The topological polar surface area (TPSA) is 57.7 Å². The van der Waals surface area contributed by atoms with Crippen LogP contribution in [-0.4, -0.2) is 53.6 Å². The molecule has 5 heteroatoms. The van der Waals surface area contributed by atoms with Crippen LogP contribution in [0.4, 0.5) is 0 Å². The van der Waals surface area contributed by atoms with Gasteiger partial charge in [-0.3, -0.25) is 9.59 Å². The van der Waals surface area contributed by atoms with Crippen molar-refractivity contribution < 1.29 is 14.4 Å². The highest BCUT2D eigenvalue weighted by Crippen LogP contribution is 2.09. The average molecular weight is 316 g/mol. The first-order valence-electron chi connectivity index (χ1n) is 8.15. The van der Waals surface area contributed by atoms with Crippen molar-refractivity contribution in [2.24, 2.45) is 0 Å². The quantitative estimate of drug-likeness (QED) is 0.830. The zero-order valence-electron chi connectivity index (χ0n) is 13.7. The Kier molecular flexibility index (Phi) is 6.32. The lowest BCUT2D eigenvalue weighted by atomic mass is 10.1. The molecule has 0 unspecified atom stereocenters. The predicted molar refractivity (Wildman–Crippen MR) is 87.8 cm³/mol. The van der Waals surface area contributed by atoms with Gasteiger partial charge in [0.05, 0.1) is 6.42 Å². The van der Waals surface area contributed by atoms with Crippen LogP contribution in [0, 0.1) is 0 Å². The smallest absolute Gasteiger partial charge is 0.227 e. The van der Waals surface area contributed by atoms with E-state index in [1.807, 2.05) is 35.2 Å². The van der Waals surface area contributed by atoms with Crippen molar-refractivity contribution in [2.75, 3.05) is 26.2 Å². The Hall–Kier alpha value is -2.17. The third kappa shape index (κ3) is 5.51. The lowest BCUT2D eigenvalue weighted by Gasteiger charge is -2.22. The van der Waals surface area contributed by atoms with Crippen LogP contribution < -0.4 is 0 Å². The molecule has 2 rings (SSSR count). The Morgan fingerprint density at radius 3 is 2.09 bits per heavy atom. The van der Waals surface area contributed by atoms with Gasteiger partial charge in [-0.1, -0.05) is 30.3 Å². The fourth-order valence-electron chi connectivity index (χ4n) is 2.74. The molecule has 0 atom stereocenters. The lowest BCUT2D eigenvalue weighted by molar-refractivity contribution is -0.134. The molecule has 1 aromatic rings. The third-order valence-corrected chi connectivity index (χ3v) is 4.09. The zero-order valence-corrected chi connectivity index (χ0v) is 13.7. The van der Waals surface area contributed by atoms with Gasteiger partial charge < -0.3 is 14.6 Å². The molecule has 23 heavy (non-hydrogen) atoms. The molecule has 1 aliphatic rings. The largest absolute Gasteiger partial charge is 0.341 e. The first-order valence-corrected chi connectivity index (χ1v) is 8.15. The Bertz CT molecular complexity index is 557. The first kappa shape index (κ1) is 17.2. The van der Waals surface area contributed by atoms with Crippen LogP contribution in [0.2, 0.25) is 0 Å². The van der Waals surface area contributed by atoms with E-state index < -0.39 is 0 Å². The number of hydrogen-bond donors (Lipinski definition) is 0. The summed E-state index contributed by atoms with van der Waals surface area (Å²) in [4.78, 5) is 39.1. The van der Waals surface area contributed by atoms with Crippen molar-refractivity contribution in [3.8, 4) is 0 Å². The third-order valence-electron chi connectivity index (χ3n) is 4.09. The van der Waals surface area contributed by atoms with Crippen molar-refractivity contribution >= 4 is 17.6 Å². The molecule has 2 amide bonds. The van der Waals surface area contributed by atoms with Crippen LogP contribution in [0.25, 0.3) is 0 Å². The van der Waals surface area contributed by atoms with Crippen molar-refractivity contribution in [1.82, 2.24) is 9.80 Å². The second kappa shape index (κ2) is 8.46. The molecule has 0 N–H and O–H groups in total. The number of Topliss-reactive ketones (excluding diaryl/α,β-unsaturated/α-hetero) is 1. The molecular formula is C18H24N2O3. The van der Waals surface area contributed by atoms with Crippen molar-refractivity contribution in [3.05, 3.63) is 35.9 Å². The fraction of sp³-hybridized carbons (Fsp3) is 0.500. The minimum Gasteiger partial charge on any atom is -0.341 e. The number of rotatable bonds is 5. The summed E-state index contributed by atoms with van der Waals surface area (Å²) in [5.41, 5.74) is 1.01. The van der Waals surface area contributed by atoms with Crippen molar-refractivity contribution in [3.63, 3.8) is 0 Å². The molecule has 0 saturated carbocycles.